The van der Waals surface area contributed by atoms with Gasteiger partial charge in [0.25, 0.3) is 0 Å². The van der Waals surface area contributed by atoms with Crippen LogP contribution in [0.15, 0.2) is 0 Å². The molecule has 0 aromatic rings. The molecular formula is C12H21NO3. The highest BCUT2D eigenvalue weighted by atomic mass is 16.6. The van der Waals surface area contributed by atoms with Crippen molar-refractivity contribution in [2.75, 3.05) is 26.3 Å². The van der Waals surface area contributed by atoms with E-state index >= 15 is 0 Å². The smallest absolute Gasteiger partial charge is 0.313 e. The topological polar surface area (TPSA) is 47.6 Å². The Balaban J connectivity index is 1.85. The van der Waals surface area contributed by atoms with Gasteiger partial charge in [0.05, 0.1) is 18.6 Å². The minimum Gasteiger partial charge on any atom is -0.462 e. The first-order chi connectivity index (χ1) is 7.71. The van der Waals surface area contributed by atoms with Gasteiger partial charge in [0.15, 0.2) is 0 Å². The second-order valence-electron chi connectivity index (χ2n) is 5.06. The zero-order valence-electron chi connectivity index (χ0n) is 9.96. The summed E-state index contributed by atoms with van der Waals surface area (Å²) in [5.74, 6) is -0.0356. The van der Waals surface area contributed by atoms with Crippen molar-refractivity contribution in [2.24, 2.45) is 5.41 Å². The number of piperidine rings is 1. The van der Waals surface area contributed by atoms with Crippen molar-refractivity contribution in [1.82, 2.24) is 5.32 Å². The Hall–Kier alpha value is -0.610. The second-order valence-corrected chi connectivity index (χ2v) is 5.06. The molecule has 0 bridgehead atoms. The van der Waals surface area contributed by atoms with Gasteiger partial charge in [0.2, 0.25) is 0 Å². The van der Waals surface area contributed by atoms with Gasteiger partial charge in [0.1, 0.15) is 6.10 Å². The largest absolute Gasteiger partial charge is 0.462 e. The molecule has 2 aliphatic rings. The van der Waals surface area contributed by atoms with Crippen LogP contribution in [0.25, 0.3) is 0 Å². The highest BCUT2D eigenvalue weighted by Crippen LogP contribution is 2.28. The third-order valence-corrected chi connectivity index (χ3v) is 3.53. The zero-order chi connectivity index (χ0) is 11.4. The Labute approximate surface area is 96.7 Å². The van der Waals surface area contributed by atoms with Crippen molar-refractivity contribution in [3.63, 3.8) is 0 Å². The van der Waals surface area contributed by atoms with Gasteiger partial charge in [-0.1, -0.05) is 0 Å². The van der Waals surface area contributed by atoms with Crippen LogP contribution in [-0.2, 0) is 14.3 Å². The van der Waals surface area contributed by atoms with E-state index in [1.165, 1.54) is 0 Å². The Bertz CT molecular complexity index is 243. The molecular weight excluding hydrogens is 206 g/mol. The van der Waals surface area contributed by atoms with E-state index in [2.05, 4.69) is 5.32 Å². The summed E-state index contributed by atoms with van der Waals surface area (Å²) in [6.45, 7) is 5.19. The van der Waals surface area contributed by atoms with Gasteiger partial charge < -0.3 is 14.8 Å². The molecule has 4 heteroatoms. The summed E-state index contributed by atoms with van der Waals surface area (Å²) in [5.41, 5.74) is -0.323. The van der Waals surface area contributed by atoms with E-state index in [-0.39, 0.29) is 17.5 Å². The van der Waals surface area contributed by atoms with Crippen molar-refractivity contribution >= 4 is 5.97 Å². The molecule has 1 N–H and O–H groups in total. The van der Waals surface area contributed by atoms with Gasteiger partial charge in [-0.25, -0.2) is 0 Å². The van der Waals surface area contributed by atoms with Crippen molar-refractivity contribution < 1.29 is 14.3 Å². The second kappa shape index (κ2) is 5.15. The van der Waals surface area contributed by atoms with Gasteiger partial charge in [-0.05, 0) is 26.3 Å². The SMILES string of the molecule is CC1(C(=O)OC2CCOCC2)CCCNC1. The predicted molar refractivity (Wildman–Crippen MR) is 60.1 cm³/mol. The minimum atomic E-state index is -0.323. The lowest BCUT2D eigenvalue weighted by molar-refractivity contribution is -0.165. The average Bonchev–Trinajstić information content (AvgIpc) is 2.31. The van der Waals surface area contributed by atoms with E-state index in [4.69, 9.17) is 9.47 Å². The molecule has 0 spiro atoms. The molecule has 1 unspecified atom stereocenters. The van der Waals surface area contributed by atoms with Crippen LogP contribution in [0.2, 0.25) is 0 Å². The predicted octanol–water partition coefficient (Wildman–Crippen LogP) is 1.10. The standard InChI is InChI=1S/C12H21NO3/c1-12(5-2-6-13-9-12)11(14)16-10-3-7-15-8-4-10/h10,13H,2-9H2,1H3. The molecule has 4 nitrogen and oxygen atoms in total. The third kappa shape index (κ3) is 2.74. The van der Waals surface area contributed by atoms with Gasteiger partial charge in [0, 0.05) is 19.4 Å². The summed E-state index contributed by atoms with van der Waals surface area (Å²) < 4.78 is 10.8. The van der Waals surface area contributed by atoms with E-state index in [0.29, 0.717) is 13.2 Å². The molecule has 0 saturated carbocycles. The molecule has 0 radical (unpaired) electrons. The lowest BCUT2D eigenvalue weighted by Gasteiger charge is -2.34. The fourth-order valence-electron chi connectivity index (χ4n) is 2.32. The van der Waals surface area contributed by atoms with Gasteiger partial charge in [-0.2, -0.15) is 0 Å². The molecule has 0 aromatic carbocycles. The lowest BCUT2D eigenvalue weighted by Crippen LogP contribution is -2.45. The van der Waals surface area contributed by atoms with Gasteiger partial charge in [-0.15, -0.1) is 0 Å². The van der Waals surface area contributed by atoms with E-state index in [1.54, 1.807) is 0 Å². The molecule has 92 valence electrons. The number of carbonyl (C=O) groups excluding carboxylic acids is 1. The maximum atomic E-state index is 12.1. The molecule has 0 amide bonds. The first kappa shape index (κ1) is 11.9. The van der Waals surface area contributed by atoms with Crippen molar-refractivity contribution in [1.29, 1.82) is 0 Å². The molecule has 16 heavy (non-hydrogen) atoms. The molecule has 1 atom stereocenters. The number of carbonyl (C=O) groups is 1. The van der Waals surface area contributed by atoms with Crippen molar-refractivity contribution in [2.45, 2.75) is 38.7 Å². The monoisotopic (exact) mass is 227 g/mol. The summed E-state index contributed by atoms with van der Waals surface area (Å²) in [4.78, 5) is 12.1. The van der Waals surface area contributed by atoms with Crippen LogP contribution in [-0.4, -0.2) is 38.4 Å². The molecule has 2 saturated heterocycles. The Morgan fingerprint density at radius 1 is 1.44 bits per heavy atom. The van der Waals surface area contributed by atoms with Gasteiger partial charge in [-0.3, -0.25) is 4.79 Å². The molecule has 2 heterocycles. The molecule has 2 aliphatic heterocycles. The number of nitrogens with one attached hydrogen (secondary N) is 1. The van der Waals surface area contributed by atoms with Crippen LogP contribution in [0.5, 0.6) is 0 Å². The minimum absolute atomic E-state index is 0.0356. The maximum absolute atomic E-state index is 12.1. The maximum Gasteiger partial charge on any atom is 0.313 e. The number of hydrogen-bond donors (Lipinski definition) is 1. The number of hydrogen-bond acceptors (Lipinski definition) is 4. The average molecular weight is 227 g/mol. The van der Waals surface area contributed by atoms with Crippen molar-refractivity contribution in [3.05, 3.63) is 0 Å². The normalized spacial score (nSPS) is 32.3. The van der Waals surface area contributed by atoms with Crippen LogP contribution in [0.1, 0.15) is 32.6 Å². The van der Waals surface area contributed by atoms with E-state index < -0.39 is 0 Å². The highest BCUT2D eigenvalue weighted by Gasteiger charge is 2.37. The molecule has 0 aliphatic carbocycles. The van der Waals surface area contributed by atoms with Crippen LogP contribution < -0.4 is 5.32 Å². The molecule has 0 aromatic heterocycles. The fourth-order valence-corrected chi connectivity index (χ4v) is 2.32. The Morgan fingerprint density at radius 2 is 2.19 bits per heavy atom. The van der Waals surface area contributed by atoms with E-state index in [1.807, 2.05) is 6.92 Å². The first-order valence-corrected chi connectivity index (χ1v) is 6.20. The lowest BCUT2D eigenvalue weighted by atomic mass is 9.83. The Kier molecular flexibility index (Phi) is 3.82. The van der Waals surface area contributed by atoms with Crippen LogP contribution in [0.3, 0.4) is 0 Å². The summed E-state index contributed by atoms with van der Waals surface area (Å²) in [5, 5.41) is 3.27. The van der Waals surface area contributed by atoms with Crippen LogP contribution >= 0.6 is 0 Å². The first-order valence-electron chi connectivity index (χ1n) is 6.20. The fraction of sp³-hybridized carbons (Fsp3) is 0.917. The van der Waals surface area contributed by atoms with E-state index in [0.717, 1.165) is 38.8 Å². The van der Waals surface area contributed by atoms with Crippen LogP contribution in [0.4, 0.5) is 0 Å². The van der Waals surface area contributed by atoms with Crippen LogP contribution in [0, 0.1) is 5.41 Å². The highest BCUT2D eigenvalue weighted by molar-refractivity contribution is 5.77. The number of ether oxygens (including phenoxy) is 2. The molecule has 2 rings (SSSR count). The summed E-state index contributed by atoms with van der Waals surface area (Å²) >= 11 is 0. The zero-order valence-corrected chi connectivity index (χ0v) is 9.96. The summed E-state index contributed by atoms with van der Waals surface area (Å²) in [6.07, 6.45) is 3.74. The quantitative estimate of drug-likeness (QED) is 0.718. The van der Waals surface area contributed by atoms with Gasteiger partial charge >= 0.3 is 5.97 Å². The summed E-state index contributed by atoms with van der Waals surface area (Å²) in [6, 6.07) is 0. The Morgan fingerprint density at radius 3 is 2.81 bits per heavy atom. The number of rotatable bonds is 2. The number of esters is 1. The van der Waals surface area contributed by atoms with E-state index in [9.17, 15) is 4.79 Å². The molecule has 2 fully saturated rings. The third-order valence-electron chi connectivity index (χ3n) is 3.53. The summed E-state index contributed by atoms with van der Waals surface area (Å²) in [7, 11) is 0. The van der Waals surface area contributed by atoms with Crippen molar-refractivity contribution in [3.8, 4) is 0 Å².